The number of hydrogen-bond acceptors (Lipinski definition) is 4. The Morgan fingerprint density at radius 1 is 1.18 bits per heavy atom. The maximum absolute atomic E-state index is 12.8. The molecule has 2 amide bonds. The average Bonchev–Trinajstić information content (AvgIpc) is 3.15. The van der Waals surface area contributed by atoms with E-state index in [0.717, 1.165) is 23.2 Å². The van der Waals surface area contributed by atoms with Crippen LogP contribution in [0.4, 0.5) is 5.69 Å². The Kier molecular flexibility index (Phi) is 4.93. The van der Waals surface area contributed by atoms with Gasteiger partial charge in [-0.1, -0.05) is 53.7 Å². The zero-order valence-corrected chi connectivity index (χ0v) is 15.6. The highest BCUT2D eigenvalue weighted by Crippen LogP contribution is 2.25. The molecule has 6 nitrogen and oxygen atoms in total. The number of para-hydroxylation sites is 1. The standard InChI is InChI=1S/C22H21N3O3/c1-25-20-10-6-5-9-16(20)11-12-18(22(25)27)23-21(26)19-14-17(28-24-19)13-15-7-3-2-4-8-15/h2-10,14,18H,11-13H2,1H3,(H,23,26)/t18-/m0/s1. The Bertz CT molecular complexity index is 997. The van der Waals surface area contributed by atoms with E-state index in [-0.39, 0.29) is 11.6 Å². The number of carbonyl (C=O) groups excluding carboxylic acids is 2. The van der Waals surface area contributed by atoms with Gasteiger partial charge >= 0.3 is 0 Å². The van der Waals surface area contributed by atoms with Crippen molar-refractivity contribution >= 4 is 17.5 Å². The third kappa shape index (κ3) is 3.67. The number of carbonyl (C=O) groups is 2. The van der Waals surface area contributed by atoms with Crippen LogP contribution in [0.2, 0.25) is 0 Å². The van der Waals surface area contributed by atoms with Crippen LogP contribution in [0.25, 0.3) is 0 Å². The molecule has 1 aromatic heterocycles. The molecule has 0 bridgehead atoms. The van der Waals surface area contributed by atoms with Gasteiger partial charge in [-0.15, -0.1) is 0 Å². The van der Waals surface area contributed by atoms with Gasteiger partial charge in [-0.05, 0) is 30.0 Å². The lowest BCUT2D eigenvalue weighted by Gasteiger charge is -2.21. The minimum atomic E-state index is -0.598. The molecule has 0 radical (unpaired) electrons. The van der Waals surface area contributed by atoms with Crippen LogP contribution in [-0.4, -0.2) is 30.1 Å². The number of aromatic nitrogens is 1. The lowest BCUT2D eigenvalue weighted by molar-refractivity contribution is -0.120. The van der Waals surface area contributed by atoms with Crippen molar-refractivity contribution in [2.75, 3.05) is 11.9 Å². The van der Waals surface area contributed by atoms with Gasteiger partial charge in [0.05, 0.1) is 0 Å². The molecule has 0 aliphatic carbocycles. The second kappa shape index (κ2) is 7.68. The Hall–Kier alpha value is -3.41. The normalized spacial score (nSPS) is 16.4. The molecule has 1 aliphatic heterocycles. The lowest BCUT2D eigenvalue weighted by Crippen LogP contribution is -2.46. The van der Waals surface area contributed by atoms with Crippen LogP contribution in [-0.2, 0) is 17.6 Å². The maximum atomic E-state index is 12.8. The molecule has 0 saturated carbocycles. The number of anilines is 1. The van der Waals surface area contributed by atoms with Crippen molar-refractivity contribution in [3.05, 3.63) is 83.2 Å². The molecule has 6 heteroatoms. The topological polar surface area (TPSA) is 75.4 Å². The van der Waals surface area contributed by atoms with Gasteiger partial charge in [-0.3, -0.25) is 9.59 Å². The van der Waals surface area contributed by atoms with Crippen molar-refractivity contribution in [2.45, 2.75) is 25.3 Å². The monoisotopic (exact) mass is 375 g/mol. The summed E-state index contributed by atoms with van der Waals surface area (Å²) >= 11 is 0. The summed E-state index contributed by atoms with van der Waals surface area (Å²) in [6.07, 6.45) is 1.82. The number of aryl methyl sites for hydroxylation is 1. The summed E-state index contributed by atoms with van der Waals surface area (Å²) in [5, 5.41) is 6.69. The number of likely N-dealkylation sites (N-methyl/N-ethyl adjacent to an activating group) is 1. The van der Waals surface area contributed by atoms with Crippen LogP contribution in [0.15, 0.2) is 65.2 Å². The van der Waals surface area contributed by atoms with Gasteiger partial charge in [0, 0.05) is 25.2 Å². The van der Waals surface area contributed by atoms with Gasteiger partial charge in [0.15, 0.2) is 5.69 Å². The van der Waals surface area contributed by atoms with Crippen LogP contribution in [0, 0.1) is 0 Å². The molecule has 0 unspecified atom stereocenters. The van der Waals surface area contributed by atoms with E-state index < -0.39 is 11.9 Å². The van der Waals surface area contributed by atoms with Crippen LogP contribution in [0.1, 0.15) is 33.8 Å². The number of rotatable bonds is 4. The van der Waals surface area contributed by atoms with E-state index in [9.17, 15) is 9.59 Å². The second-order valence-electron chi connectivity index (χ2n) is 6.93. The molecule has 2 heterocycles. The van der Waals surface area contributed by atoms with E-state index in [1.807, 2.05) is 54.6 Å². The minimum Gasteiger partial charge on any atom is -0.360 e. The molecule has 0 spiro atoms. The first kappa shape index (κ1) is 18.0. The van der Waals surface area contributed by atoms with Crippen molar-refractivity contribution in [1.29, 1.82) is 0 Å². The molecule has 4 rings (SSSR count). The summed E-state index contributed by atoms with van der Waals surface area (Å²) in [6.45, 7) is 0. The predicted molar refractivity (Wildman–Crippen MR) is 105 cm³/mol. The summed E-state index contributed by atoms with van der Waals surface area (Å²) in [5.74, 6) is 0.0696. The summed E-state index contributed by atoms with van der Waals surface area (Å²) in [7, 11) is 1.74. The van der Waals surface area contributed by atoms with Crippen LogP contribution in [0.5, 0.6) is 0 Å². The van der Waals surface area contributed by atoms with Crippen molar-refractivity contribution in [3.8, 4) is 0 Å². The number of hydrogen-bond donors (Lipinski definition) is 1. The van der Waals surface area contributed by atoms with Crippen molar-refractivity contribution < 1.29 is 14.1 Å². The van der Waals surface area contributed by atoms with E-state index in [2.05, 4.69) is 10.5 Å². The van der Waals surface area contributed by atoms with E-state index >= 15 is 0 Å². The van der Waals surface area contributed by atoms with E-state index in [1.54, 1.807) is 18.0 Å². The highest BCUT2D eigenvalue weighted by atomic mass is 16.5. The third-order valence-electron chi connectivity index (χ3n) is 5.00. The quantitative estimate of drug-likeness (QED) is 0.761. The van der Waals surface area contributed by atoms with Gasteiger partial charge in [0.1, 0.15) is 11.8 Å². The van der Waals surface area contributed by atoms with Gasteiger partial charge in [-0.2, -0.15) is 0 Å². The number of amides is 2. The first-order valence-corrected chi connectivity index (χ1v) is 9.27. The number of nitrogens with one attached hydrogen (secondary N) is 1. The van der Waals surface area contributed by atoms with Gasteiger partial charge in [0.25, 0.3) is 5.91 Å². The van der Waals surface area contributed by atoms with E-state index in [0.29, 0.717) is 18.6 Å². The summed E-state index contributed by atoms with van der Waals surface area (Å²) in [5.41, 5.74) is 3.24. The number of nitrogens with zero attached hydrogens (tertiary/aromatic N) is 2. The zero-order chi connectivity index (χ0) is 19.5. The van der Waals surface area contributed by atoms with Crippen LogP contribution in [0.3, 0.4) is 0 Å². The van der Waals surface area contributed by atoms with Crippen molar-refractivity contribution in [1.82, 2.24) is 10.5 Å². The number of benzene rings is 2. The van der Waals surface area contributed by atoms with Crippen LogP contribution < -0.4 is 10.2 Å². The van der Waals surface area contributed by atoms with Crippen LogP contribution >= 0.6 is 0 Å². The zero-order valence-electron chi connectivity index (χ0n) is 15.6. The van der Waals surface area contributed by atoms with E-state index in [4.69, 9.17) is 4.52 Å². The second-order valence-corrected chi connectivity index (χ2v) is 6.93. The molecular weight excluding hydrogens is 354 g/mol. The fourth-order valence-electron chi connectivity index (χ4n) is 3.49. The van der Waals surface area contributed by atoms with Crippen molar-refractivity contribution in [3.63, 3.8) is 0 Å². The van der Waals surface area contributed by atoms with Gasteiger partial charge < -0.3 is 14.7 Å². The molecule has 1 N–H and O–H groups in total. The SMILES string of the molecule is CN1C(=O)[C@@H](NC(=O)c2cc(Cc3ccccc3)on2)CCc2ccccc21. The molecule has 142 valence electrons. The fraction of sp³-hybridized carbons (Fsp3) is 0.227. The molecule has 1 atom stereocenters. The molecule has 0 saturated heterocycles. The Labute approximate surface area is 163 Å². The highest BCUT2D eigenvalue weighted by molar-refractivity contribution is 6.02. The fourth-order valence-corrected chi connectivity index (χ4v) is 3.49. The summed E-state index contributed by atoms with van der Waals surface area (Å²) < 4.78 is 5.30. The smallest absolute Gasteiger partial charge is 0.274 e. The minimum absolute atomic E-state index is 0.133. The lowest BCUT2D eigenvalue weighted by atomic mass is 10.1. The molecular formula is C22H21N3O3. The third-order valence-corrected chi connectivity index (χ3v) is 5.00. The van der Waals surface area contributed by atoms with Gasteiger partial charge in [-0.25, -0.2) is 0 Å². The van der Waals surface area contributed by atoms with Gasteiger partial charge in [0.2, 0.25) is 5.91 Å². The Morgan fingerprint density at radius 2 is 1.93 bits per heavy atom. The average molecular weight is 375 g/mol. The first-order chi connectivity index (χ1) is 13.6. The summed E-state index contributed by atoms with van der Waals surface area (Å²) in [4.78, 5) is 27.0. The molecule has 0 fully saturated rings. The summed E-state index contributed by atoms with van der Waals surface area (Å²) in [6, 6.07) is 18.6. The highest BCUT2D eigenvalue weighted by Gasteiger charge is 2.30. The molecule has 1 aliphatic rings. The molecule has 2 aromatic carbocycles. The van der Waals surface area contributed by atoms with Crippen molar-refractivity contribution in [2.24, 2.45) is 0 Å². The largest absolute Gasteiger partial charge is 0.360 e. The Morgan fingerprint density at radius 3 is 2.75 bits per heavy atom. The molecule has 3 aromatic rings. The maximum Gasteiger partial charge on any atom is 0.274 e. The predicted octanol–water partition coefficient (Wildman–Crippen LogP) is 2.97. The molecule has 28 heavy (non-hydrogen) atoms. The first-order valence-electron chi connectivity index (χ1n) is 9.27. The Balaban J connectivity index is 1.45. The number of fused-ring (bicyclic) bond motifs is 1. The van der Waals surface area contributed by atoms with E-state index in [1.165, 1.54) is 0 Å².